The van der Waals surface area contributed by atoms with Crippen LogP contribution in [0.5, 0.6) is 11.5 Å². The van der Waals surface area contributed by atoms with E-state index in [0.717, 1.165) is 10.8 Å². The zero-order valence-electron chi connectivity index (χ0n) is 12.1. The Labute approximate surface area is 129 Å². The number of nitrogens with one attached hydrogen (secondary N) is 1. The predicted molar refractivity (Wildman–Crippen MR) is 85.6 cm³/mol. The second-order valence-corrected chi connectivity index (χ2v) is 4.92. The number of carbonyl (C=O) groups excluding carboxylic acids is 1. The van der Waals surface area contributed by atoms with Gasteiger partial charge in [0.05, 0.1) is 19.9 Å². The molecule has 0 spiro atoms. The SMILES string of the molecule is COc1cc(NC(=O)CCCCl)c(OC)c2ccccc12. The second-order valence-electron chi connectivity index (χ2n) is 4.55. The summed E-state index contributed by atoms with van der Waals surface area (Å²) < 4.78 is 10.9. The lowest BCUT2D eigenvalue weighted by Gasteiger charge is -2.15. The first-order chi connectivity index (χ1) is 10.2. The lowest BCUT2D eigenvalue weighted by atomic mass is 10.1. The number of anilines is 1. The van der Waals surface area contributed by atoms with Crippen LogP contribution >= 0.6 is 11.6 Å². The van der Waals surface area contributed by atoms with E-state index in [1.165, 1.54) is 0 Å². The zero-order chi connectivity index (χ0) is 15.2. The van der Waals surface area contributed by atoms with E-state index in [-0.39, 0.29) is 5.91 Å². The summed E-state index contributed by atoms with van der Waals surface area (Å²) in [5.74, 6) is 1.70. The minimum absolute atomic E-state index is 0.0914. The van der Waals surface area contributed by atoms with Crippen LogP contribution in [0, 0.1) is 0 Å². The molecule has 112 valence electrons. The zero-order valence-corrected chi connectivity index (χ0v) is 12.9. The second kappa shape index (κ2) is 7.18. The maximum Gasteiger partial charge on any atom is 0.224 e. The summed E-state index contributed by atoms with van der Waals surface area (Å²) in [6.07, 6.45) is 1.02. The molecule has 0 atom stereocenters. The largest absolute Gasteiger partial charge is 0.496 e. The smallest absolute Gasteiger partial charge is 0.224 e. The van der Waals surface area contributed by atoms with Crippen molar-refractivity contribution >= 4 is 34.0 Å². The van der Waals surface area contributed by atoms with Gasteiger partial charge in [-0.15, -0.1) is 11.6 Å². The third kappa shape index (κ3) is 3.39. The average molecular weight is 308 g/mol. The summed E-state index contributed by atoms with van der Waals surface area (Å²) in [7, 11) is 3.19. The fraction of sp³-hybridized carbons (Fsp3) is 0.312. The molecule has 0 heterocycles. The summed E-state index contributed by atoms with van der Waals surface area (Å²) in [6.45, 7) is 0. The van der Waals surface area contributed by atoms with E-state index in [0.29, 0.717) is 35.9 Å². The van der Waals surface area contributed by atoms with E-state index < -0.39 is 0 Å². The molecular weight excluding hydrogens is 290 g/mol. The van der Waals surface area contributed by atoms with Gasteiger partial charge in [0.15, 0.2) is 0 Å². The minimum Gasteiger partial charge on any atom is -0.496 e. The lowest BCUT2D eigenvalue weighted by molar-refractivity contribution is -0.116. The lowest BCUT2D eigenvalue weighted by Crippen LogP contribution is -2.12. The molecule has 0 aromatic heterocycles. The number of hydrogen-bond donors (Lipinski definition) is 1. The number of carbonyl (C=O) groups is 1. The Bertz CT molecular complexity index is 643. The number of benzene rings is 2. The van der Waals surface area contributed by atoms with Crippen LogP contribution < -0.4 is 14.8 Å². The van der Waals surface area contributed by atoms with Gasteiger partial charge in [-0.3, -0.25) is 4.79 Å². The van der Waals surface area contributed by atoms with E-state index in [1.54, 1.807) is 20.3 Å². The molecule has 0 bridgehead atoms. The highest BCUT2D eigenvalue weighted by atomic mass is 35.5. The summed E-state index contributed by atoms with van der Waals surface area (Å²) in [4.78, 5) is 11.9. The van der Waals surface area contributed by atoms with Gasteiger partial charge in [0.2, 0.25) is 5.91 Å². The molecular formula is C16H18ClNO3. The number of amides is 1. The van der Waals surface area contributed by atoms with Crippen molar-refractivity contribution < 1.29 is 14.3 Å². The van der Waals surface area contributed by atoms with Gasteiger partial charge in [0, 0.05) is 29.1 Å². The van der Waals surface area contributed by atoms with E-state index in [2.05, 4.69) is 5.32 Å². The van der Waals surface area contributed by atoms with Crippen LogP contribution in [0.1, 0.15) is 12.8 Å². The standard InChI is InChI=1S/C16H18ClNO3/c1-20-14-10-13(18-15(19)8-5-9-17)16(21-2)12-7-4-3-6-11(12)14/h3-4,6-7,10H,5,8-9H2,1-2H3,(H,18,19). The molecule has 2 aromatic rings. The van der Waals surface area contributed by atoms with Gasteiger partial charge in [-0.1, -0.05) is 24.3 Å². The molecule has 0 aliphatic carbocycles. The molecule has 0 aliphatic heterocycles. The number of rotatable bonds is 6. The molecule has 1 amide bonds. The number of fused-ring (bicyclic) bond motifs is 1. The Morgan fingerprint density at radius 3 is 2.52 bits per heavy atom. The molecule has 0 saturated heterocycles. The van der Waals surface area contributed by atoms with Crippen molar-refractivity contribution in [2.75, 3.05) is 25.4 Å². The first-order valence-corrected chi connectivity index (χ1v) is 7.24. The van der Waals surface area contributed by atoms with Crippen molar-refractivity contribution in [3.8, 4) is 11.5 Å². The molecule has 0 fully saturated rings. The number of alkyl halides is 1. The van der Waals surface area contributed by atoms with Crippen molar-refractivity contribution in [2.24, 2.45) is 0 Å². The Kier molecular flexibility index (Phi) is 5.28. The summed E-state index contributed by atoms with van der Waals surface area (Å²) >= 11 is 5.61. The minimum atomic E-state index is -0.0914. The molecule has 0 radical (unpaired) electrons. The van der Waals surface area contributed by atoms with E-state index in [4.69, 9.17) is 21.1 Å². The highest BCUT2D eigenvalue weighted by molar-refractivity contribution is 6.18. The Hall–Kier alpha value is -1.94. The highest BCUT2D eigenvalue weighted by Gasteiger charge is 2.14. The molecule has 0 saturated carbocycles. The van der Waals surface area contributed by atoms with Crippen molar-refractivity contribution in [3.05, 3.63) is 30.3 Å². The first kappa shape index (κ1) is 15.4. The quantitative estimate of drug-likeness (QED) is 0.825. The maximum atomic E-state index is 11.9. The molecule has 4 nitrogen and oxygen atoms in total. The van der Waals surface area contributed by atoms with E-state index >= 15 is 0 Å². The van der Waals surface area contributed by atoms with Crippen LogP contribution in [-0.2, 0) is 4.79 Å². The van der Waals surface area contributed by atoms with Gasteiger partial charge in [0.1, 0.15) is 11.5 Å². The fourth-order valence-electron chi connectivity index (χ4n) is 2.24. The highest BCUT2D eigenvalue weighted by Crippen LogP contribution is 2.39. The molecule has 5 heteroatoms. The fourth-order valence-corrected chi connectivity index (χ4v) is 2.37. The van der Waals surface area contributed by atoms with Crippen molar-refractivity contribution in [2.45, 2.75) is 12.8 Å². The number of methoxy groups -OCH3 is 2. The van der Waals surface area contributed by atoms with Gasteiger partial charge in [-0.2, -0.15) is 0 Å². The van der Waals surface area contributed by atoms with Gasteiger partial charge < -0.3 is 14.8 Å². The molecule has 0 aliphatic rings. The van der Waals surface area contributed by atoms with Crippen LogP contribution in [0.3, 0.4) is 0 Å². The molecule has 2 rings (SSSR count). The Morgan fingerprint density at radius 1 is 1.19 bits per heavy atom. The van der Waals surface area contributed by atoms with Gasteiger partial charge in [-0.05, 0) is 6.42 Å². The van der Waals surface area contributed by atoms with Crippen LogP contribution in [0.2, 0.25) is 0 Å². The molecule has 21 heavy (non-hydrogen) atoms. The normalized spacial score (nSPS) is 10.4. The van der Waals surface area contributed by atoms with E-state index in [1.807, 2.05) is 24.3 Å². The van der Waals surface area contributed by atoms with Crippen molar-refractivity contribution in [1.29, 1.82) is 0 Å². The number of hydrogen-bond acceptors (Lipinski definition) is 3. The first-order valence-electron chi connectivity index (χ1n) is 6.70. The third-order valence-electron chi connectivity index (χ3n) is 3.19. The van der Waals surface area contributed by atoms with Crippen LogP contribution in [0.15, 0.2) is 30.3 Å². The van der Waals surface area contributed by atoms with Crippen LogP contribution in [-0.4, -0.2) is 26.0 Å². The van der Waals surface area contributed by atoms with Crippen LogP contribution in [0.25, 0.3) is 10.8 Å². The number of ether oxygens (including phenoxy) is 2. The third-order valence-corrected chi connectivity index (χ3v) is 3.46. The van der Waals surface area contributed by atoms with Crippen molar-refractivity contribution in [1.82, 2.24) is 0 Å². The maximum absolute atomic E-state index is 11.9. The summed E-state index contributed by atoms with van der Waals surface area (Å²) in [5, 5.41) is 4.70. The molecule has 2 aromatic carbocycles. The monoisotopic (exact) mass is 307 g/mol. The Morgan fingerprint density at radius 2 is 1.90 bits per heavy atom. The predicted octanol–water partition coefficient (Wildman–Crippen LogP) is 3.81. The topological polar surface area (TPSA) is 47.6 Å². The van der Waals surface area contributed by atoms with E-state index in [9.17, 15) is 4.79 Å². The van der Waals surface area contributed by atoms with Gasteiger partial charge >= 0.3 is 0 Å². The molecule has 1 N–H and O–H groups in total. The number of halogens is 1. The summed E-state index contributed by atoms with van der Waals surface area (Å²) in [6, 6.07) is 9.52. The van der Waals surface area contributed by atoms with Crippen molar-refractivity contribution in [3.63, 3.8) is 0 Å². The van der Waals surface area contributed by atoms with Gasteiger partial charge in [0.25, 0.3) is 0 Å². The molecule has 0 unspecified atom stereocenters. The Balaban J connectivity index is 2.45. The summed E-state index contributed by atoms with van der Waals surface area (Å²) in [5.41, 5.74) is 0.604. The average Bonchev–Trinajstić information content (AvgIpc) is 2.52. The van der Waals surface area contributed by atoms with Gasteiger partial charge in [-0.25, -0.2) is 0 Å². The van der Waals surface area contributed by atoms with Crippen LogP contribution in [0.4, 0.5) is 5.69 Å².